The van der Waals surface area contributed by atoms with E-state index in [1.165, 1.54) is 0 Å². The Kier molecular flexibility index (Phi) is 87.0. The second-order valence-corrected chi connectivity index (χ2v) is 24.1. The molecule has 0 saturated carbocycles. The molecular formula is C66H134ClNO32S. The van der Waals surface area contributed by atoms with E-state index in [2.05, 4.69) is 4.84 Å². The molecule has 0 heterocycles. The zero-order valence-electron chi connectivity index (χ0n) is 61.7. The van der Waals surface area contributed by atoms with E-state index >= 15 is 0 Å². The number of hydrogen-bond donors (Lipinski definition) is 1. The first-order valence-electron chi connectivity index (χ1n) is 35.6. The monoisotopic (exact) mass is 1520 g/mol. The maximum absolute atomic E-state index is 12.1. The van der Waals surface area contributed by atoms with Crippen molar-refractivity contribution in [2.45, 2.75) is 25.8 Å². The molecule has 0 rings (SSSR count). The van der Waals surface area contributed by atoms with Crippen LogP contribution >= 0.6 is 11.8 Å². The molecule has 0 unspecified atom stereocenters. The lowest BCUT2D eigenvalue weighted by molar-refractivity contribution is -0.0324. The third-order valence-electron chi connectivity index (χ3n) is 12.7. The van der Waals surface area contributed by atoms with Crippen molar-refractivity contribution in [3.63, 3.8) is 0 Å². The Morgan fingerprint density at radius 3 is 0.416 bits per heavy atom. The van der Waals surface area contributed by atoms with Gasteiger partial charge < -0.3 is 142 Å². The zero-order chi connectivity index (χ0) is 72.8. The van der Waals surface area contributed by atoms with Crippen LogP contribution in [0.2, 0.25) is 0 Å². The van der Waals surface area contributed by atoms with Crippen LogP contribution in [0, 0.1) is 0 Å². The molecule has 0 aromatic carbocycles. The summed E-state index contributed by atoms with van der Waals surface area (Å²) in [5.41, 5.74) is -0.449. The summed E-state index contributed by atoms with van der Waals surface area (Å²) in [4.78, 5) is 2.58. The Hall–Kier alpha value is -1.00. The van der Waals surface area contributed by atoms with Crippen LogP contribution in [0.3, 0.4) is 0 Å². The number of rotatable bonds is 94. The van der Waals surface area contributed by atoms with Gasteiger partial charge in [-0.05, 0) is 32.0 Å². The standard InChI is InChI=1S/C66H134ClNO32S/c1-66(2,68-67)4-64-101(69,70)65-63-100-62-61-99-60-59-98-58-57-97-56-55-96-54-53-95-52-51-94-50-49-93-48-47-92-46-45-91-44-43-90-42-41-89-40-39-88-38-37-87-36-35-86-34-33-85-32-31-84-30-29-83-28-27-82-26-25-81-24-23-80-22-21-79-20-19-78-18-17-77-16-15-76-14-13-75-12-11-74-10-9-73-8-7-72-6-5-71-3/h68H,4-65H2,1-3H3. The molecule has 0 aliphatic carbocycles. The largest absolute Gasteiger partial charge is 0.382 e. The second kappa shape index (κ2) is 87.9. The van der Waals surface area contributed by atoms with Gasteiger partial charge in [-0.2, -0.15) is 0 Å². The van der Waals surface area contributed by atoms with Crippen molar-refractivity contribution in [2.75, 3.05) is 408 Å². The highest BCUT2D eigenvalue weighted by Gasteiger charge is 2.21. The number of sulfone groups is 1. The van der Waals surface area contributed by atoms with Crippen LogP contribution in [0.4, 0.5) is 0 Å². The molecule has 35 heteroatoms. The van der Waals surface area contributed by atoms with E-state index in [0.29, 0.717) is 390 Å². The first-order chi connectivity index (χ1) is 49.8. The van der Waals surface area contributed by atoms with E-state index in [1.54, 1.807) is 7.11 Å². The van der Waals surface area contributed by atoms with E-state index < -0.39 is 15.4 Å². The highest BCUT2D eigenvalue weighted by atomic mass is 35.5. The fourth-order valence-electron chi connectivity index (χ4n) is 7.15. The summed E-state index contributed by atoms with van der Waals surface area (Å²) in [7, 11) is -1.56. The van der Waals surface area contributed by atoms with Crippen LogP contribution in [0.25, 0.3) is 0 Å². The smallest absolute Gasteiger partial charge is 0.152 e. The highest BCUT2D eigenvalue weighted by molar-refractivity contribution is 7.91. The summed E-state index contributed by atoms with van der Waals surface area (Å²) in [5.74, 6) is 0.0146. The van der Waals surface area contributed by atoms with Gasteiger partial charge in [0, 0.05) is 12.6 Å². The van der Waals surface area contributed by atoms with Gasteiger partial charge in [0.2, 0.25) is 0 Å². The van der Waals surface area contributed by atoms with E-state index in [4.69, 9.17) is 154 Å². The Labute approximate surface area is 608 Å². The molecular weight excluding hydrogens is 1390 g/mol. The quantitative estimate of drug-likeness (QED) is 0.0665. The van der Waals surface area contributed by atoms with Crippen LogP contribution in [0.1, 0.15) is 20.3 Å². The molecule has 0 saturated heterocycles. The lowest BCUT2D eigenvalue weighted by atomic mass is 10.0. The molecule has 0 bridgehead atoms. The minimum absolute atomic E-state index is 0.0335. The van der Waals surface area contributed by atoms with Crippen LogP contribution in [0.15, 0.2) is 0 Å². The third kappa shape index (κ3) is 91.3. The summed E-state index contributed by atoms with van der Waals surface area (Å²) in [5, 5.41) is 0. The van der Waals surface area contributed by atoms with Crippen LogP contribution in [-0.4, -0.2) is 422 Å². The number of hydrogen-bond acceptors (Lipinski definition) is 33. The summed E-state index contributed by atoms with van der Waals surface area (Å²) in [6.07, 6.45) is 0.418. The molecule has 0 radical (unpaired) electrons. The van der Waals surface area contributed by atoms with E-state index in [1.807, 2.05) is 13.8 Å². The Balaban J connectivity index is 3.12. The molecule has 0 aromatic heterocycles. The number of nitrogens with one attached hydrogen (secondary N) is 1. The first kappa shape index (κ1) is 100. The average molecular weight is 1520 g/mol. The van der Waals surface area contributed by atoms with Crippen molar-refractivity contribution in [3.05, 3.63) is 0 Å². The summed E-state index contributed by atoms with van der Waals surface area (Å²) in [6.45, 7) is 31.5. The Morgan fingerprint density at radius 2 is 0.307 bits per heavy atom. The molecule has 0 aromatic rings. The van der Waals surface area contributed by atoms with Gasteiger partial charge in [0.05, 0.1) is 401 Å². The van der Waals surface area contributed by atoms with Crippen molar-refractivity contribution >= 4 is 21.6 Å². The Morgan fingerprint density at radius 1 is 0.198 bits per heavy atom. The van der Waals surface area contributed by atoms with Gasteiger partial charge in [0.1, 0.15) is 0 Å². The van der Waals surface area contributed by atoms with Crippen molar-refractivity contribution in [1.29, 1.82) is 0 Å². The van der Waals surface area contributed by atoms with Crippen LogP contribution < -0.4 is 4.84 Å². The van der Waals surface area contributed by atoms with Crippen LogP contribution in [-0.2, 0) is 152 Å². The molecule has 33 nitrogen and oxygen atoms in total. The van der Waals surface area contributed by atoms with Crippen LogP contribution in [0.5, 0.6) is 0 Å². The normalized spacial score (nSPS) is 12.2. The van der Waals surface area contributed by atoms with Gasteiger partial charge in [-0.25, -0.2) is 13.3 Å². The van der Waals surface area contributed by atoms with Crippen molar-refractivity contribution < 1.29 is 151 Å². The third-order valence-corrected chi connectivity index (χ3v) is 14.8. The fourth-order valence-corrected chi connectivity index (χ4v) is 8.64. The van der Waals surface area contributed by atoms with Gasteiger partial charge in [0.15, 0.2) is 9.84 Å². The molecule has 101 heavy (non-hydrogen) atoms. The molecule has 608 valence electrons. The Bertz CT molecular complexity index is 1640. The maximum atomic E-state index is 12.1. The number of halogens is 1. The lowest BCUT2D eigenvalue weighted by Gasteiger charge is -2.21. The number of methoxy groups -OCH3 is 1. The molecule has 0 amide bonds. The summed E-state index contributed by atoms with van der Waals surface area (Å²) < 4.78 is 189. The summed E-state index contributed by atoms with van der Waals surface area (Å²) in [6, 6.07) is 0. The fraction of sp³-hybridized carbons (Fsp3) is 1.00. The van der Waals surface area contributed by atoms with Gasteiger partial charge >= 0.3 is 0 Å². The first-order valence-corrected chi connectivity index (χ1v) is 37.8. The minimum Gasteiger partial charge on any atom is -0.382 e. The second-order valence-electron chi connectivity index (χ2n) is 21.6. The summed E-state index contributed by atoms with van der Waals surface area (Å²) >= 11 is 5.63. The van der Waals surface area contributed by atoms with Crippen molar-refractivity contribution in [2.24, 2.45) is 0 Å². The average Bonchev–Trinajstić information content (AvgIpc) is 1.12. The van der Waals surface area contributed by atoms with E-state index in [0.717, 1.165) is 0 Å². The van der Waals surface area contributed by atoms with Gasteiger partial charge in [0.25, 0.3) is 0 Å². The molecule has 1 N–H and O–H groups in total. The lowest BCUT2D eigenvalue weighted by Crippen LogP contribution is -2.35. The molecule has 0 fully saturated rings. The van der Waals surface area contributed by atoms with E-state index in [-0.39, 0.29) is 18.1 Å². The van der Waals surface area contributed by atoms with Crippen molar-refractivity contribution in [3.8, 4) is 0 Å². The van der Waals surface area contributed by atoms with E-state index in [9.17, 15) is 8.42 Å². The molecule has 0 spiro atoms. The van der Waals surface area contributed by atoms with Crippen molar-refractivity contribution in [1.82, 2.24) is 4.84 Å². The number of ether oxygens (including phenoxy) is 30. The zero-order valence-corrected chi connectivity index (χ0v) is 63.3. The van der Waals surface area contributed by atoms with Gasteiger partial charge in [-0.3, -0.25) is 0 Å². The minimum atomic E-state index is -3.20. The van der Waals surface area contributed by atoms with Gasteiger partial charge in [-0.1, -0.05) is 0 Å². The molecule has 0 aliphatic rings. The van der Waals surface area contributed by atoms with Gasteiger partial charge in [-0.15, -0.1) is 0 Å². The topological polar surface area (TPSA) is 323 Å². The maximum Gasteiger partial charge on any atom is 0.152 e. The highest BCUT2D eigenvalue weighted by Crippen LogP contribution is 2.11. The predicted molar refractivity (Wildman–Crippen MR) is 372 cm³/mol. The SMILES string of the molecule is COCCOCCOCCOCCOCCOCCOCCOCCOCCOCCOCCOCCOCCOCCOCCOCCOCCOCCOCCOCCOCCOCCOCCOCCOCCOCCOCCOCCOCCOCCS(=O)(=O)CCC(C)(C)NCl. The molecule has 0 aliphatic heterocycles. The predicted octanol–water partition coefficient (Wildman–Crippen LogP) is 1.44. The molecule has 0 atom stereocenters.